The number of methoxy groups -OCH3 is 1. The highest BCUT2D eigenvalue weighted by Gasteiger charge is 2.47. The maximum atomic E-state index is 14.4. The van der Waals surface area contributed by atoms with Crippen LogP contribution in [0.3, 0.4) is 0 Å². The molecule has 1 fully saturated rings. The van der Waals surface area contributed by atoms with Crippen LogP contribution in [0.15, 0.2) is 16.7 Å². The van der Waals surface area contributed by atoms with E-state index in [1.54, 1.807) is 0 Å². The number of hydrogen-bond donors (Lipinski definition) is 1. The average Bonchev–Trinajstić information content (AvgIpc) is 3.08. The molecule has 7 nitrogen and oxygen atoms in total. The molecule has 0 spiro atoms. The van der Waals surface area contributed by atoms with Crippen LogP contribution >= 0.6 is 15.9 Å². The Morgan fingerprint density at radius 3 is 2.48 bits per heavy atom. The summed E-state index contributed by atoms with van der Waals surface area (Å²) in [7, 11) is 3.64. The van der Waals surface area contributed by atoms with Crippen molar-refractivity contribution in [2.75, 3.05) is 34.4 Å². The summed E-state index contributed by atoms with van der Waals surface area (Å²) in [5, 5.41) is 7.00. The number of carbonyl (C=O) groups excluding carboxylic acids is 2. The third kappa shape index (κ3) is 5.78. The summed E-state index contributed by atoms with van der Waals surface area (Å²) in [6, 6.07) is 0.368. The fraction of sp³-hybridized carbons (Fsp3) is 0.588. The van der Waals surface area contributed by atoms with Gasteiger partial charge in [0.05, 0.1) is 19.7 Å². The zero-order valence-electron chi connectivity index (χ0n) is 16.2. The smallest absolute Gasteiger partial charge is 0.400 e. The summed E-state index contributed by atoms with van der Waals surface area (Å²) in [4.78, 5) is 30.5. The highest BCUT2D eigenvalue weighted by atomic mass is 79.9. The van der Waals surface area contributed by atoms with Gasteiger partial charge in [0.25, 0.3) is 5.91 Å². The average molecular weight is 488 g/mol. The van der Waals surface area contributed by atoms with Crippen molar-refractivity contribution in [3.05, 3.63) is 22.3 Å². The SMILES string of the molecule is CO.COc1ncc(Br)cc1C(=O)N(C)C1CN(C(=O)C(C)C(F)(F)F)CC1F. The minimum Gasteiger partial charge on any atom is -0.480 e. The molecule has 2 heterocycles. The van der Waals surface area contributed by atoms with Crippen LogP contribution < -0.4 is 4.74 Å². The molecule has 3 unspecified atom stereocenters. The number of halogens is 5. The maximum Gasteiger partial charge on any atom is 0.400 e. The number of likely N-dealkylation sites (N-methyl/N-ethyl adjacent to an activating group) is 1. The first-order chi connectivity index (χ1) is 13.5. The summed E-state index contributed by atoms with van der Waals surface area (Å²) in [6.07, 6.45) is -4.96. The summed E-state index contributed by atoms with van der Waals surface area (Å²) in [5.74, 6) is -4.04. The van der Waals surface area contributed by atoms with Crippen molar-refractivity contribution >= 4 is 27.7 Å². The van der Waals surface area contributed by atoms with E-state index in [4.69, 9.17) is 9.84 Å². The highest BCUT2D eigenvalue weighted by Crippen LogP contribution is 2.30. The van der Waals surface area contributed by atoms with Crippen LogP contribution in [0.5, 0.6) is 5.88 Å². The Hall–Kier alpha value is -1.95. The largest absolute Gasteiger partial charge is 0.480 e. The van der Waals surface area contributed by atoms with Crippen molar-refractivity contribution in [1.82, 2.24) is 14.8 Å². The normalized spacial score (nSPS) is 19.9. The number of ether oxygens (including phenoxy) is 1. The van der Waals surface area contributed by atoms with E-state index in [1.807, 2.05) is 0 Å². The van der Waals surface area contributed by atoms with Crippen LogP contribution in [0, 0.1) is 5.92 Å². The Morgan fingerprint density at radius 2 is 1.97 bits per heavy atom. The Kier molecular flexibility index (Phi) is 8.82. The maximum absolute atomic E-state index is 14.4. The van der Waals surface area contributed by atoms with Gasteiger partial charge in [-0.15, -0.1) is 0 Å². The first kappa shape index (κ1) is 25.1. The molecule has 1 saturated heterocycles. The predicted molar refractivity (Wildman–Crippen MR) is 99.2 cm³/mol. The van der Waals surface area contributed by atoms with Gasteiger partial charge in [0, 0.05) is 31.4 Å². The van der Waals surface area contributed by atoms with Crippen molar-refractivity contribution in [3.8, 4) is 5.88 Å². The van der Waals surface area contributed by atoms with Gasteiger partial charge in [-0.1, -0.05) is 0 Å². The number of likely N-dealkylation sites (tertiary alicyclic amines) is 1. The molecule has 12 heteroatoms. The molecule has 3 atom stereocenters. The summed E-state index contributed by atoms with van der Waals surface area (Å²) >= 11 is 3.18. The first-order valence-corrected chi connectivity index (χ1v) is 9.17. The molecular weight excluding hydrogens is 466 g/mol. The van der Waals surface area contributed by atoms with E-state index in [9.17, 15) is 27.2 Å². The summed E-state index contributed by atoms with van der Waals surface area (Å²) in [6.45, 7) is -0.0996. The Balaban J connectivity index is 0.00000204. The van der Waals surface area contributed by atoms with Gasteiger partial charge in [-0.25, -0.2) is 9.37 Å². The second-order valence-electron chi connectivity index (χ2n) is 6.22. The molecule has 2 rings (SSSR count). The summed E-state index contributed by atoms with van der Waals surface area (Å²) < 4.78 is 58.2. The number of hydrogen-bond acceptors (Lipinski definition) is 5. The van der Waals surface area contributed by atoms with Gasteiger partial charge in [-0.2, -0.15) is 13.2 Å². The Labute approximate surface area is 173 Å². The minimum absolute atomic E-state index is 0.0297. The van der Waals surface area contributed by atoms with Gasteiger partial charge in [0.1, 0.15) is 17.7 Å². The monoisotopic (exact) mass is 487 g/mol. The molecule has 0 saturated carbocycles. The fourth-order valence-corrected chi connectivity index (χ4v) is 3.12. The van der Waals surface area contributed by atoms with Crippen molar-refractivity contribution in [1.29, 1.82) is 0 Å². The van der Waals surface area contributed by atoms with Gasteiger partial charge in [0.2, 0.25) is 11.8 Å². The zero-order chi connectivity index (χ0) is 22.5. The fourth-order valence-electron chi connectivity index (χ4n) is 2.79. The molecule has 1 aromatic rings. The number of nitrogens with zero attached hydrogens (tertiary/aromatic N) is 3. The molecule has 1 aromatic heterocycles. The van der Waals surface area contributed by atoms with Crippen molar-refractivity contribution in [3.63, 3.8) is 0 Å². The van der Waals surface area contributed by atoms with E-state index >= 15 is 0 Å². The van der Waals surface area contributed by atoms with Crippen molar-refractivity contribution < 1.29 is 37.0 Å². The molecular formula is C17H22BrF4N3O4. The second kappa shape index (κ2) is 10.2. The van der Waals surface area contributed by atoms with E-state index in [0.29, 0.717) is 4.47 Å². The highest BCUT2D eigenvalue weighted by molar-refractivity contribution is 9.10. The molecule has 0 aliphatic carbocycles. The first-order valence-electron chi connectivity index (χ1n) is 8.38. The molecule has 0 aromatic carbocycles. The number of pyridine rings is 1. The van der Waals surface area contributed by atoms with E-state index in [2.05, 4.69) is 20.9 Å². The van der Waals surface area contributed by atoms with Crippen LogP contribution in [0.4, 0.5) is 17.6 Å². The topological polar surface area (TPSA) is 83.0 Å². The van der Waals surface area contributed by atoms with Crippen LogP contribution in [-0.2, 0) is 4.79 Å². The van der Waals surface area contributed by atoms with Crippen LogP contribution in [0.1, 0.15) is 17.3 Å². The molecule has 1 aliphatic heterocycles. The number of aliphatic hydroxyl groups excluding tert-OH is 1. The molecule has 1 aliphatic rings. The lowest BCUT2D eigenvalue weighted by atomic mass is 10.1. The second-order valence-corrected chi connectivity index (χ2v) is 7.13. The Bertz CT molecular complexity index is 735. The number of rotatable bonds is 4. The number of amides is 2. The lowest BCUT2D eigenvalue weighted by molar-refractivity contribution is -0.185. The third-order valence-electron chi connectivity index (χ3n) is 4.45. The molecule has 164 valence electrons. The third-order valence-corrected chi connectivity index (χ3v) is 4.89. The van der Waals surface area contributed by atoms with E-state index < -0.39 is 42.7 Å². The number of alkyl halides is 4. The van der Waals surface area contributed by atoms with E-state index in [-0.39, 0.29) is 18.0 Å². The molecule has 0 bridgehead atoms. The summed E-state index contributed by atoms with van der Waals surface area (Å²) in [5.41, 5.74) is 0.0648. The van der Waals surface area contributed by atoms with Crippen LogP contribution in [-0.4, -0.2) is 84.5 Å². The Morgan fingerprint density at radius 1 is 1.38 bits per heavy atom. The van der Waals surface area contributed by atoms with Gasteiger partial charge in [0.15, 0.2) is 0 Å². The van der Waals surface area contributed by atoms with E-state index in [1.165, 1.54) is 26.4 Å². The van der Waals surface area contributed by atoms with Crippen LogP contribution in [0.2, 0.25) is 0 Å². The van der Waals surface area contributed by atoms with Crippen molar-refractivity contribution in [2.45, 2.75) is 25.3 Å². The molecule has 1 N–H and O–H groups in total. The van der Waals surface area contributed by atoms with Crippen molar-refractivity contribution in [2.24, 2.45) is 5.92 Å². The zero-order valence-corrected chi connectivity index (χ0v) is 17.8. The lowest BCUT2D eigenvalue weighted by Crippen LogP contribution is -2.44. The number of aromatic nitrogens is 1. The van der Waals surface area contributed by atoms with Gasteiger partial charge in [-0.05, 0) is 28.9 Å². The number of carbonyl (C=O) groups is 2. The molecule has 0 radical (unpaired) electrons. The predicted octanol–water partition coefficient (Wildman–Crippen LogP) is 2.28. The molecule has 29 heavy (non-hydrogen) atoms. The van der Waals surface area contributed by atoms with Gasteiger partial charge in [-0.3, -0.25) is 9.59 Å². The van der Waals surface area contributed by atoms with Gasteiger partial charge >= 0.3 is 6.18 Å². The molecule has 2 amide bonds. The van der Waals surface area contributed by atoms with Crippen LogP contribution in [0.25, 0.3) is 0 Å². The van der Waals surface area contributed by atoms with E-state index in [0.717, 1.165) is 23.8 Å². The van der Waals surface area contributed by atoms with Gasteiger partial charge < -0.3 is 19.6 Å². The lowest BCUT2D eigenvalue weighted by Gasteiger charge is -2.27. The standard InChI is InChI=1S/C16H18BrF4N3O3.CH4O/c1-8(16(19,20)21)14(25)24-6-11(18)12(7-24)23(2)15(26)10-4-9(17)5-22-13(10)27-3;1-2/h4-5,8,11-12H,6-7H2,1-3H3;2H,1H3. The number of aliphatic hydroxyl groups is 1. The minimum atomic E-state index is -4.71. The quantitative estimate of drug-likeness (QED) is 0.658.